The van der Waals surface area contributed by atoms with Gasteiger partial charge in [0, 0.05) is 31.7 Å². The molecule has 138 valence electrons. The molecule has 0 spiro atoms. The molecule has 1 aromatic carbocycles. The van der Waals surface area contributed by atoms with Gasteiger partial charge in [-0.3, -0.25) is 9.69 Å². The molecule has 2 N–H and O–H groups in total. The van der Waals surface area contributed by atoms with Crippen molar-refractivity contribution in [2.75, 3.05) is 50.0 Å². The Hall–Kier alpha value is -2.65. The van der Waals surface area contributed by atoms with Gasteiger partial charge in [-0.1, -0.05) is 0 Å². The van der Waals surface area contributed by atoms with E-state index in [2.05, 4.69) is 25.7 Å². The van der Waals surface area contributed by atoms with Gasteiger partial charge in [0.1, 0.15) is 5.82 Å². The van der Waals surface area contributed by atoms with E-state index in [1.165, 1.54) is 6.07 Å². The number of anilines is 2. The van der Waals surface area contributed by atoms with Crippen molar-refractivity contribution in [2.24, 2.45) is 0 Å². The topological polar surface area (TPSA) is 79.4 Å². The van der Waals surface area contributed by atoms with Gasteiger partial charge in [-0.2, -0.15) is 0 Å². The molecule has 1 aromatic heterocycles. The molecule has 3 rings (SSSR count). The summed E-state index contributed by atoms with van der Waals surface area (Å²) in [6.07, 6.45) is 0. The fourth-order valence-corrected chi connectivity index (χ4v) is 2.49. The first-order chi connectivity index (χ1) is 12.6. The Balaban J connectivity index is 1.49. The third-order valence-corrected chi connectivity index (χ3v) is 3.93. The van der Waals surface area contributed by atoms with Crippen molar-refractivity contribution in [3.63, 3.8) is 0 Å². The molecule has 2 aromatic rings. The van der Waals surface area contributed by atoms with Gasteiger partial charge in [-0.25, -0.2) is 8.78 Å². The van der Waals surface area contributed by atoms with Gasteiger partial charge in [0.2, 0.25) is 0 Å². The van der Waals surface area contributed by atoms with Gasteiger partial charge in [0.25, 0.3) is 5.91 Å². The maximum Gasteiger partial charge on any atom is 0.256 e. The van der Waals surface area contributed by atoms with E-state index in [9.17, 15) is 13.6 Å². The maximum absolute atomic E-state index is 13.2. The molecule has 0 bridgehead atoms. The van der Waals surface area contributed by atoms with Crippen LogP contribution in [-0.2, 0) is 4.74 Å². The molecule has 1 aliphatic heterocycles. The van der Waals surface area contributed by atoms with Crippen molar-refractivity contribution in [3.05, 3.63) is 47.5 Å². The largest absolute Gasteiger partial charge is 0.379 e. The van der Waals surface area contributed by atoms with Crippen LogP contribution in [0.3, 0.4) is 0 Å². The summed E-state index contributed by atoms with van der Waals surface area (Å²) in [7, 11) is 0. The summed E-state index contributed by atoms with van der Waals surface area (Å²) in [6.45, 7) is 4.94. The molecular weight excluding hydrogens is 344 g/mol. The van der Waals surface area contributed by atoms with Gasteiger partial charge in [-0.05, 0) is 30.3 Å². The number of hydrogen-bond donors (Lipinski definition) is 2. The smallest absolute Gasteiger partial charge is 0.256 e. The second-order valence-corrected chi connectivity index (χ2v) is 5.77. The zero-order valence-electron chi connectivity index (χ0n) is 14.0. The molecule has 26 heavy (non-hydrogen) atoms. The SMILES string of the molecule is O=C(Nc1ccc(NCCN2CCOCC2)nn1)c1ccc(F)c(F)c1. The van der Waals surface area contributed by atoms with Gasteiger partial charge in [-0.15, -0.1) is 10.2 Å². The summed E-state index contributed by atoms with van der Waals surface area (Å²) >= 11 is 0. The first-order valence-corrected chi connectivity index (χ1v) is 8.26. The lowest BCUT2D eigenvalue weighted by Crippen LogP contribution is -2.39. The number of rotatable bonds is 6. The Bertz CT molecular complexity index is 751. The number of nitrogens with one attached hydrogen (secondary N) is 2. The number of aromatic nitrogens is 2. The van der Waals surface area contributed by atoms with Crippen molar-refractivity contribution in [1.29, 1.82) is 0 Å². The Morgan fingerprint density at radius 3 is 2.50 bits per heavy atom. The minimum absolute atomic E-state index is 0.00147. The number of ether oxygens (including phenoxy) is 1. The lowest BCUT2D eigenvalue weighted by Gasteiger charge is -2.26. The summed E-state index contributed by atoms with van der Waals surface area (Å²) in [4.78, 5) is 14.3. The summed E-state index contributed by atoms with van der Waals surface area (Å²) in [5, 5.41) is 13.5. The van der Waals surface area contributed by atoms with E-state index in [0.717, 1.165) is 51.5 Å². The molecular formula is C17H19F2N5O2. The third kappa shape index (κ3) is 4.93. The number of carbonyl (C=O) groups is 1. The molecule has 0 saturated carbocycles. The van der Waals surface area contributed by atoms with Gasteiger partial charge in [0.05, 0.1) is 13.2 Å². The second-order valence-electron chi connectivity index (χ2n) is 5.77. The zero-order chi connectivity index (χ0) is 18.4. The number of morpholine rings is 1. The van der Waals surface area contributed by atoms with E-state index >= 15 is 0 Å². The molecule has 1 amide bonds. The lowest BCUT2D eigenvalue weighted by atomic mass is 10.2. The molecule has 1 aliphatic rings. The van der Waals surface area contributed by atoms with Crippen LogP contribution in [0, 0.1) is 11.6 Å². The highest BCUT2D eigenvalue weighted by Crippen LogP contribution is 2.12. The van der Waals surface area contributed by atoms with Crippen LogP contribution in [0.2, 0.25) is 0 Å². The van der Waals surface area contributed by atoms with E-state index in [1.54, 1.807) is 12.1 Å². The monoisotopic (exact) mass is 363 g/mol. The molecule has 9 heteroatoms. The Morgan fingerprint density at radius 2 is 1.81 bits per heavy atom. The standard InChI is InChI=1S/C17H19F2N5O2/c18-13-2-1-12(11-14(13)19)17(25)21-16-4-3-15(22-23-16)20-5-6-24-7-9-26-10-8-24/h1-4,11H,5-10H2,(H,20,22)(H,21,23,25). The van der Waals surface area contributed by atoms with Crippen molar-refractivity contribution in [1.82, 2.24) is 15.1 Å². The predicted octanol–water partition coefficient (Wildman–Crippen LogP) is 1.75. The molecule has 0 radical (unpaired) electrons. The van der Waals surface area contributed by atoms with Gasteiger partial charge < -0.3 is 15.4 Å². The van der Waals surface area contributed by atoms with Crippen molar-refractivity contribution in [2.45, 2.75) is 0 Å². The average molecular weight is 363 g/mol. The van der Waals surface area contributed by atoms with E-state index in [1.807, 2.05) is 0 Å². The highest BCUT2D eigenvalue weighted by molar-refractivity contribution is 6.03. The number of hydrogen-bond acceptors (Lipinski definition) is 6. The molecule has 1 saturated heterocycles. The zero-order valence-corrected chi connectivity index (χ0v) is 14.0. The lowest BCUT2D eigenvalue weighted by molar-refractivity contribution is 0.0398. The van der Waals surface area contributed by atoms with Crippen LogP contribution < -0.4 is 10.6 Å². The molecule has 0 unspecified atom stereocenters. The van der Waals surface area contributed by atoms with Crippen LogP contribution in [0.1, 0.15) is 10.4 Å². The first kappa shape index (κ1) is 18.2. The number of nitrogens with zero attached hydrogens (tertiary/aromatic N) is 3. The van der Waals surface area contributed by atoms with Crippen LogP contribution in [0.4, 0.5) is 20.4 Å². The highest BCUT2D eigenvalue weighted by atomic mass is 19.2. The van der Waals surface area contributed by atoms with Crippen molar-refractivity contribution >= 4 is 17.5 Å². The fraction of sp³-hybridized carbons (Fsp3) is 0.353. The summed E-state index contributed by atoms with van der Waals surface area (Å²) in [5.74, 6) is -1.87. The summed E-state index contributed by atoms with van der Waals surface area (Å²) in [5.41, 5.74) is -0.00147. The van der Waals surface area contributed by atoms with Crippen molar-refractivity contribution < 1.29 is 18.3 Å². The van der Waals surface area contributed by atoms with E-state index in [4.69, 9.17) is 4.74 Å². The average Bonchev–Trinajstić information content (AvgIpc) is 2.66. The Labute approximate surface area is 149 Å². The number of carbonyl (C=O) groups excluding carboxylic acids is 1. The highest BCUT2D eigenvalue weighted by Gasteiger charge is 2.11. The number of halogens is 2. The number of benzene rings is 1. The van der Waals surface area contributed by atoms with Crippen LogP contribution in [-0.4, -0.2) is 60.4 Å². The summed E-state index contributed by atoms with van der Waals surface area (Å²) in [6, 6.07) is 6.20. The fourth-order valence-electron chi connectivity index (χ4n) is 2.49. The van der Waals surface area contributed by atoms with Gasteiger partial charge >= 0.3 is 0 Å². The molecule has 7 nitrogen and oxygen atoms in total. The van der Waals surface area contributed by atoms with Crippen LogP contribution >= 0.6 is 0 Å². The van der Waals surface area contributed by atoms with Crippen LogP contribution in [0.5, 0.6) is 0 Å². The van der Waals surface area contributed by atoms with E-state index < -0.39 is 17.5 Å². The quantitative estimate of drug-likeness (QED) is 0.814. The first-order valence-electron chi connectivity index (χ1n) is 8.26. The minimum atomic E-state index is -1.08. The molecule has 1 fully saturated rings. The Morgan fingerprint density at radius 1 is 1.08 bits per heavy atom. The Kier molecular flexibility index (Phi) is 6.03. The molecule has 0 atom stereocenters. The normalized spacial score (nSPS) is 14.8. The maximum atomic E-state index is 13.2. The van der Waals surface area contributed by atoms with Crippen LogP contribution in [0.25, 0.3) is 0 Å². The molecule has 2 heterocycles. The van der Waals surface area contributed by atoms with Gasteiger partial charge in [0.15, 0.2) is 17.5 Å². The van der Waals surface area contributed by atoms with Crippen molar-refractivity contribution in [3.8, 4) is 0 Å². The molecule has 0 aliphatic carbocycles. The minimum Gasteiger partial charge on any atom is -0.379 e. The number of amides is 1. The van der Waals surface area contributed by atoms with E-state index in [0.29, 0.717) is 5.82 Å². The van der Waals surface area contributed by atoms with Crippen LogP contribution in [0.15, 0.2) is 30.3 Å². The van der Waals surface area contributed by atoms with E-state index in [-0.39, 0.29) is 11.4 Å². The second kappa shape index (κ2) is 8.63. The third-order valence-electron chi connectivity index (χ3n) is 3.93. The predicted molar refractivity (Wildman–Crippen MR) is 92.1 cm³/mol. The summed E-state index contributed by atoms with van der Waals surface area (Å²) < 4.78 is 31.4.